The Kier molecular flexibility index (Phi) is 4.88. The molecule has 9 heteroatoms. The largest absolute Gasteiger partial charge is 0.419 e. The highest BCUT2D eigenvalue weighted by molar-refractivity contribution is 7.89. The normalized spacial score (nSPS) is 12.7. The summed E-state index contributed by atoms with van der Waals surface area (Å²) in [7, 11) is -3.62. The molecule has 0 aliphatic heterocycles. The summed E-state index contributed by atoms with van der Waals surface area (Å²) in [5.41, 5.74) is -1.15. The summed E-state index contributed by atoms with van der Waals surface area (Å²) in [6, 6.07) is 2.59. The molecule has 0 saturated heterocycles. The number of rotatable bonds is 5. The molecule has 0 atom stereocenters. The molecule has 3 N–H and O–H groups in total. The number of nitrogens with two attached hydrogens (primary N) is 1. The van der Waals surface area contributed by atoms with E-state index in [0.717, 1.165) is 6.07 Å². The van der Waals surface area contributed by atoms with Crippen molar-refractivity contribution in [3.05, 3.63) is 35.1 Å². The maximum atomic E-state index is 13.0. The summed E-state index contributed by atoms with van der Waals surface area (Å²) >= 11 is 0. The first kappa shape index (κ1) is 15.9. The van der Waals surface area contributed by atoms with E-state index in [1.807, 2.05) is 0 Å². The van der Waals surface area contributed by atoms with Crippen LogP contribution in [0.1, 0.15) is 11.1 Å². The lowest BCUT2D eigenvalue weighted by Crippen LogP contribution is -2.26. The van der Waals surface area contributed by atoms with Crippen molar-refractivity contribution < 1.29 is 26.0 Å². The molecule has 1 aromatic carbocycles. The quantitative estimate of drug-likeness (QED) is 0.634. The molecule has 108 valence electrons. The van der Waals surface area contributed by atoms with E-state index in [-0.39, 0.29) is 24.4 Å². The molecule has 0 radical (unpaired) electrons. The molecule has 0 amide bonds. The summed E-state index contributed by atoms with van der Waals surface area (Å²) in [5, 5.41) is 7.36. The van der Waals surface area contributed by atoms with Crippen LogP contribution >= 0.6 is 0 Å². The van der Waals surface area contributed by atoms with Gasteiger partial charge in [-0.2, -0.15) is 13.2 Å². The van der Waals surface area contributed by atoms with Gasteiger partial charge in [0.15, 0.2) is 0 Å². The van der Waals surface area contributed by atoms with Crippen molar-refractivity contribution in [2.24, 2.45) is 5.14 Å². The van der Waals surface area contributed by atoms with Crippen LogP contribution in [0.4, 0.5) is 17.6 Å². The van der Waals surface area contributed by atoms with E-state index in [9.17, 15) is 26.0 Å². The molecule has 0 bridgehead atoms. The fourth-order valence-electron chi connectivity index (χ4n) is 1.35. The summed E-state index contributed by atoms with van der Waals surface area (Å²) in [4.78, 5) is 0. The summed E-state index contributed by atoms with van der Waals surface area (Å²) in [5.74, 6) is -1.68. The van der Waals surface area contributed by atoms with Crippen LogP contribution in [-0.4, -0.2) is 20.7 Å². The minimum Gasteiger partial charge on any atom is -0.312 e. The Balaban J connectivity index is 2.66. The highest BCUT2D eigenvalue weighted by atomic mass is 32.2. The first-order chi connectivity index (χ1) is 8.59. The molecule has 0 aromatic heterocycles. The molecular weight excluding hydrogens is 288 g/mol. The van der Waals surface area contributed by atoms with Gasteiger partial charge in [-0.1, -0.05) is 6.07 Å². The fourth-order valence-corrected chi connectivity index (χ4v) is 1.78. The zero-order valence-electron chi connectivity index (χ0n) is 9.67. The zero-order valence-corrected chi connectivity index (χ0v) is 10.5. The maximum Gasteiger partial charge on any atom is 0.419 e. The molecule has 19 heavy (non-hydrogen) atoms. The van der Waals surface area contributed by atoms with Gasteiger partial charge >= 0.3 is 6.18 Å². The lowest BCUT2D eigenvalue weighted by atomic mass is 10.1. The Labute approximate surface area is 107 Å². The van der Waals surface area contributed by atoms with Gasteiger partial charge in [0.25, 0.3) is 0 Å². The number of alkyl halides is 3. The van der Waals surface area contributed by atoms with E-state index in [2.05, 4.69) is 5.32 Å². The number of benzene rings is 1. The van der Waals surface area contributed by atoms with Gasteiger partial charge < -0.3 is 5.32 Å². The van der Waals surface area contributed by atoms with Crippen LogP contribution in [0.25, 0.3) is 0 Å². The van der Waals surface area contributed by atoms with Crippen LogP contribution < -0.4 is 10.5 Å². The van der Waals surface area contributed by atoms with Crippen molar-refractivity contribution in [3.8, 4) is 0 Å². The Bertz CT molecular complexity index is 543. The Morgan fingerprint density at radius 1 is 1.26 bits per heavy atom. The van der Waals surface area contributed by atoms with Gasteiger partial charge in [-0.25, -0.2) is 17.9 Å². The molecule has 0 aliphatic rings. The lowest BCUT2D eigenvalue weighted by Gasteiger charge is -2.10. The van der Waals surface area contributed by atoms with E-state index in [1.54, 1.807) is 0 Å². The first-order valence-electron chi connectivity index (χ1n) is 5.16. The second-order valence-electron chi connectivity index (χ2n) is 3.86. The van der Waals surface area contributed by atoms with E-state index in [4.69, 9.17) is 5.14 Å². The second-order valence-corrected chi connectivity index (χ2v) is 5.59. The third-order valence-corrected chi connectivity index (χ3v) is 3.00. The van der Waals surface area contributed by atoms with Crippen molar-refractivity contribution in [1.29, 1.82) is 0 Å². The second kappa shape index (κ2) is 5.85. The topological polar surface area (TPSA) is 72.2 Å². The number of nitrogens with one attached hydrogen (secondary N) is 1. The molecule has 0 fully saturated rings. The predicted octanol–water partition coefficient (Wildman–Crippen LogP) is 1.22. The van der Waals surface area contributed by atoms with Crippen LogP contribution in [0, 0.1) is 5.82 Å². The number of sulfonamides is 1. The number of primary sulfonamides is 1. The average Bonchev–Trinajstić information content (AvgIpc) is 2.23. The fraction of sp³-hybridized carbons (Fsp3) is 0.400. The summed E-state index contributed by atoms with van der Waals surface area (Å²) < 4.78 is 71.4. The van der Waals surface area contributed by atoms with Gasteiger partial charge in [-0.05, 0) is 17.7 Å². The Hall–Kier alpha value is -1.19. The highest BCUT2D eigenvalue weighted by Crippen LogP contribution is 2.31. The van der Waals surface area contributed by atoms with Crippen LogP contribution in [0.2, 0.25) is 0 Å². The van der Waals surface area contributed by atoms with Crippen LogP contribution in [0.5, 0.6) is 0 Å². The molecule has 0 saturated carbocycles. The highest BCUT2D eigenvalue weighted by Gasteiger charge is 2.34. The van der Waals surface area contributed by atoms with Gasteiger partial charge in [-0.15, -0.1) is 0 Å². The minimum absolute atomic E-state index is 0.00242. The van der Waals surface area contributed by atoms with Crippen molar-refractivity contribution in [1.82, 2.24) is 5.32 Å². The van der Waals surface area contributed by atoms with E-state index in [0.29, 0.717) is 6.07 Å². The van der Waals surface area contributed by atoms with Gasteiger partial charge in [0.1, 0.15) is 5.82 Å². The minimum atomic E-state index is -4.76. The summed E-state index contributed by atoms with van der Waals surface area (Å²) in [6.07, 6.45) is -4.76. The Morgan fingerprint density at radius 2 is 1.89 bits per heavy atom. The van der Waals surface area contributed by atoms with Crippen LogP contribution in [0.3, 0.4) is 0 Å². The third kappa shape index (κ3) is 5.53. The number of halogens is 4. The molecule has 1 aromatic rings. The van der Waals surface area contributed by atoms with Gasteiger partial charge in [0.05, 0.1) is 11.3 Å². The summed E-state index contributed by atoms with van der Waals surface area (Å²) in [6.45, 7) is -0.0174. The van der Waals surface area contributed by atoms with E-state index >= 15 is 0 Å². The number of hydrogen-bond donors (Lipinski definition) is 2. The molecule has 4 nitrogen and oxygen atoms in total. The smallest absolute Gasteiger partial charge is 0.312 e. The van der Waals surface area contributed by atoms with Gasteiger partial charge in [-0.3, -0.25) is 0 Å². The van der Waals surface area contributed by atoms with Gasteiger partial charge in [0, 0.05) is 13.1 Å². The SMILES string of the molecule is NS(=O)(=O)CCNCc1ccc(F)c(C(F)(F)F)c1. The van der Waals surface area contributed by atoms with Crippen molar-refractivity contribution >= 4 is 10.0 Å². The number of hydrogen-bond acceptors (Lipinski definition) is 3. The molecular formula is C10H12F4N2O2S. The monoisotopic (exact) mass is 300 g/mol. The van der Waals surface area contributed by atoms with Gasteiger partial charge in [0.2, 0.25) is 10.0 Å². The van der Waals surface area contributed by atoms with Crippen molar-refractivity contribution in [3.63, 3.8) is 0 Å². The third-order valence-electron chi connectivity index (χ3n) is 2.23. The molecule has 0 spiro atoms. The average molecular weight is 300 g/mol. The van der Waals surface area contributed by atoms with Crippen LogP contribution in [0.15, 0.2) is 18.2 Å². The molecule has 1 rings (SSSR count). The maximum absolute atomic E-state index is 13.0. The Morgan fingerprint density at radius 3 is 2.42 bits per heavy atom. The predicted molar refractivity (Wildman–Crippen MR) is 61.1 cm³/mol. The van der Waals surface area contributed by atoms with Crippen LogP contribution in [-0.2, 0) is 22.7 Å². The standard InChI is InChI=1S/C10H12F4N2O2S/c11-9-2-1-7(5-8(9)10(12,13)14)6-16-3-4-19(15,17)18/h1-2,5,16H,3-4,6H2,(H2,15,17,18). The first-order valence-corrected chi connectivity index (χ1v) is 6.88. The molecule has 0 heterocycles. The van der Waals surface area contributed by atoms with E-state index in [1.165, 1.54) is 6.07 Å². The lowest BCUT2D eigenvalue weighted by molar-refractivity contribution is -0.140. The molecule has 0 aliphatic carbocycles. The van der Waals surface area contributed by atoms with Crippen molar-refractivity contribution in [2.75, 3.05) is 12.3 Å². The zero-order chi connectivity index (χ0) is 14.7. The van der Waals surface area contributed by atoms with E-state index < -0.39 is 27.6 Å². The van der Waals surface area contributed by atoms with Crippen molar-refractivity contribution in [2.45, 2.75) is 12.7 Å². The molecule has 0 unspecified atom stereocenters.